The van der Waals surface area contributed by atoms with Gasteiger partial charge in [-0.15, -0.1) is 0 Å². The van der Waals surface area contributed by atoms with Crippen LogP contribution in [0.25, 0.3) is 35.1 Å². The van der Waals surface area contributed by atoms with Crippen molar-refractivity contribution < 1.29 is 2.85 Å². The van der Waals surface area contributed by atoms with Crippen molar-refractivity contribution >= 4 is 58.1 Å². The molecule has 5 aromatic rings. The monoisotopic (exact) mass is 388 g/mol. The summed E-state index contributed by atoms with van der Waals surface area (Å²) in [7, 11) is 0. The Morgan fingerprint density at radius 1 is 0.448 bits per heavy atom. The largest absolute Gasteiger partial charge is 2.00 e. The molecule has 0 radical (unpaired) electrons. The van der Waals surface area contributed by atoms with E-state index in [2.05, 4.69) is 105 Å². The number of H-pyrrole nitrogens is 4. The Morgan fingerprint density at radius 2 is 0.897 bits per heavy atom. The van der Waals surface area contributed by atoms with Gasteiger partial charge >= 0.3 is 23.1 Å². The Kier molecular flexibility index (Phi) is 4.34. The fraction of sp³-hybridized carbons (Fsp3) is 0. The molecule has 4 aromatic heterocycles. The van der Waals surface area contributed by atoms with E-state index < -0.39 is 0 Å². The third-order valence-corrected chi connectivity index (χ3v) is 5.19. The third kappa shape index (κ3) is 3.28. The van der Waals surface area contributed by atoms with Gasteiger partial charge in [0.25, 0.3) is 0 Å². The zero-order valence-electron chi connectivity index (χ0n) is 17.8. The number of benzene rings is 1. The van der Waals surface area contributed by atoms with Crippen molar-refractivity contribution in [2.24, 2.45) is 0 Å². The van der Waals surface area contributed by atoms with E-state index in [1.54, 1.807) is 0 Å². The van der Waals surface area contributed by atoms with Crippen molar-refractivity contribution in [3.8, 4) is 0 Å². The molecule has 6 rings (SSSR count). The summed E-state index contributed by atoms with van der Waals surface area (Å²) in [6, 6.07) is 21.1. The van der Waals surface area contributed by atoms with E-state index >= 15 is 0 Å². The van der Waals surface area contributed by atoms with Crippen molar-refractivity contribution in [3.63, 3.8) is 0 Å². The Hall–Kier alpha value is -3.15. The maximum Gasteiger partial charge on any atom is 2.00 e. The van der Waals surface area contributed by atoms with Crippen LogP contribution in [-0.4, -0.2) is 43.0 Å². The van der Waals surface area contributed by atoms with Gasteiger partial charge in [-0.25, -0.2) is 0 Å². The van der Waals surface area contributed by atoms with Crippen molar-refractivity contribution in [2.75, 3.05) is 0 Å². The smallest absolute Gasteiger partial charge is 1.00 e. The topological polar surface area (TPSA) is 63.2 Å². The van der Waals surface area contributed by atoms with Gasteiger partial charge in [-0.1, -0.05) is 24.3 Å². The average molecular weight is 389 g/mol. The van der Waals surface area contributed by atoms with Crippen molar-refractivity contribution in [2.45, 2.75) is 0 Å². The zero-order valence-corrected chi connectivity index (χ0v) is 17.2. The predicted octanol–water partition coefficient (Wildman–Crippen LogP) is 1.62. The molecule has 0 fully saturated rings. The van der Waals surface area contributed by atoms with Gasteiger partial charge in [0.2, 0.25) is 0 Å². The van der Waals surface area contributed by atoms with Crippen LogP contribution in [0.4, 0.5) is 0 Å². The standard InChI is InChI=1S/C24H18N4.Mg.2H/c1-2-4-22-21(3-1)23-13-19-9-7-17(26-19)11-15-5-6-16(25-15)12-18-8-10-20(27-18)14-24(22)28-23;;;/h1-14,25-28H;;;/q;+2;2*-1. The summed E-state index contributed by atoms with van der Waals surface area (Å²) >= 11 is 0. The van der Waals surface area contributed by atoms with Gasteiger partial charge < -0.3 is 22.8 Å². The van der Waals surface area contributed by atoms with Crippen LogP contribution in [0.5, 0.6) is 0 Å². The average Bonchev–Trinajstić information content (AvgIpc) is 3.47. The molecule has 1 aromatic carbocycles. The first-order valence-electron chi connectivity index (χ1n) is 9.37. The predicted molar refractivity (Wildman–Crippen MR) is 121 cm³/mol. The maximum atomic E-state index is 3.59. The Morgan fingerprint density at radius 3 is 1.38 bits per heavy atom. The van der Waals surface area contributed by atoms with Gasteiger partial charge in [0.1, 0.15) is 0 Å². The summed E-state index contributed by atoms with van der Waals surface area (Å²) in [4.78, 5) is 14.0. The van der Waals surface area contributed by atoms with Crippen molar-refractivity contribution in [1.29, 1.82) is 0 Å². The first-order valence-corrected chi connectivity index (χ1v) is 9.37. The van der Waals surface area contributed by atoms with Crippen LogP contribution in [0.15, 0.2) is 60.7 Å². The van der Waals surface area contributed by atoms with Gasteiger partial charge in [0.05, 0.1) is 0 Å². The molecule has 0 atom stereocenters. The fourth-order valence-corrected chi connectivity index (χ4v) is 3.90. The van der Waals surface area contributed by atoms with Crippen LogP contribution in [0.1, 0.15) is 25.6 Å². The quantitative estimate of drug-likeness (QED) is 0.286. The molecule has 4 nitrogen and oxygen atoms in total. The van der Waals surface area contributed by atoms with Gasteiger partial charge in [-0.05, 0) is 60.7 Å². The SMILES string of the molecule is C1=c2ccc([nH]2)=Cc2ccc([nH]2)C=c2[nH]c(c3ccccc23)=Cc2ccc1[nH]2.[H-].[H-].[Mg+2]. The van der Waals surface area contributed by atoms with Crippen LogP contribution < -0.4 is 21.4 Å². The molecular weight excluding hydrogens is 369 g/mol. The molecule has 5 heterocycles. The number of hydrogen-bond acceptors (Lipinski definition) is 0. The van der Waals surface area contributed by atoms with E-state index in [1.807, 2.05) is 0 Å². The van der Waals surface area contributed by atoms with Crippen LogP contribution >= 0.6 is 0 Å². The van der Waals surface area contributed by atoms with Gasteiger partial charge in [-0.2, -0.15) is 0 Å². The van der Waals surface area contributed by atoms with E-state index in [-0.39, 0.29) is 25.9 Å². The molecule has 0 saturated carbocycles. The fourth-order valence-electron chi connectivity index (χ4n) is 3.90. The molecule has 138 valence electrons. The summed E-state index contributed by atoms with van der Waals surface area (Å²) in [6.45, 7) is 0. The van der Waals surface area contributed by atoms with Gasteiger partial charge in [0, 0.05) is 54.9 Å². The first-order chi connectivity index (χ1) is 13.8. The van der Waals surface area contributed by atoms with E-state index in [0.717, 1.165) is 44.2 Å². The third-order valence-electron chi connectivity index (χ3n) is 5.19. The second-order valence-electron chi connectivity index (χ2n) is 7.18. The number of hydrogen-bond donors (Lipinski definition) is 4. The van der Waals surface area contributed by atoms with Crippen molar-refractivity contribution in [3.05, 3.63) is 105 Å². The number of nitrogens with one attached hydrogen (secondary N) is 4. The minimum Gasteiger partial charge on any atom is -1.00 e. The molecule has 4 N–H and O–H groups in total. The zero-order chi connectivity index (χ0) is 18.5. The van der Waals surface area contributed by atoms with Crippen molar-refractivity contribution in [1.82, 2.24) is 19.9 Å². The molecule has 0 aliphatic carbocycles. The molecule has 1 aliphatic rings. The first kappa shape index (κ1) is 17.9. The molecule has 0 spiro atoms. The van der Waals surface area contributed by atoms with Crippen LogP contribution in [0.2, 0.25) is 0 Å². The Bertz CT molecular complexity index is 1470. The Labute approximate surface area is 185 Å². The molecule has 5 heteroatoms. The maximum absolute atomic E-state index is 3.59. The molecule has 0 saturated heterocycles. The van der Waals surface area contributed by atoms with Crippen LogP contribution in [0.3, 0.4) is 0 Å². The van der Waals surface area contributed by atoms with E-state index in [9.17, 15) is 0 Å². The molecule has 0 amide bonds. The Balaban J connectivity index is 0.000000907. The van der Waals surface area contributed by atoms with Gasteiger partial charge in [0.15, 0.2) is 0 Å². The van der Waals surface area contributed by atoms with E-state index in [4.69, 9.17) is 0 Å². The number of rotatable bonds is 0. The van der Waals surface area contributed by atoms with Gasteiger partial charge in [-0.3, -0.25) is 0 Å². The molecule has 0 unspecified atom stereocenters. The molecule has 29 heavy (non-hydrogen) atoms. The van der Waals surface area contributed by atoms with E-state index in [1.165, 1.54) is 10.8 Å². The summed E-state index contributed by atoms with van der Waals surface area (Å²) in [5, 5.41) is 6.76. The second kappa shape index (κ2) is 7.03. The van der Waals surface area contributed by atoms with Crippen LogP contribution in [0, 0.1) is 0 Å². The minimum atomic E-state index is 0. The summed E-state index contributed by atoms with van der Waals surface area (Å²) in [6.07, 6.45) is 8.56. The summed E-state index contributed by atoms with van der Waals surface area (Å²) in [5.74, 6) is 0. The molecule has 1 aliphatic heterocycles. The van der Waals surface area contributed by atoms with E-state index in [0.29, 0.717) is 0 Å². The van der Waals surface area contributed by atoms with Crippen LogP contribution in [-0.2, 0) is 0 Å². The number of aromatic nitrogens is 4. The summed E-state index contributed by atoms with van der Waals surface area (Å²) < 4.78 is 0. The molecular formula is C24H20MgN4. The summed E-state index contributed by atoms with van der Waals surface area (Å²) in [5.41, 5.74) is 4.27. The molecule has 8 bridgehead atoms. The number of aromatic amines is 4. The normalized spacial score (nSPS) is 12.3. The second-order valence-corrected chi connectivity index (χ2v) is 7.18. The number of fused-ring (bicyclic) bond motifs is 11. The minimum absolute atomic E-state index is 0.